The van der Waals surface area contributed by atoms with Crippen molar-refractivity contribution in [2.75, 3.05) is 5.32 Å². The second kappa shape index (κ2) is 8.24. The molecule has 1 heterocycles. The molecule has 0 saturated carbocycles. The van der Waals surface area contributed by atoms with Crippen LogP contribution in [0.5, 0.6) is 0 Å². The van der Waals surface area contributed by atoms with Crippen LogP contribution in [-0.2, 0) is 0 Å². The lowest BCUT2D eigenvalue weighted by Gasteiger charge is -2.11. The number of hydrogen-bond acceptors (Lipinski definition) is 4. The lowest BCUT2D eigenvalue weighted by molar-refractivity contribution is 0.0696. The summed E-state index contributed by atoms with van der Waals surface area (Å²) in [4.78, 5) is 23.3. The summed E-state index contributed by atoms with van der Waals surface area (Å²) in [6.07, 6.45) is 0. The molecule has 28 heavy (non-hydrogen) atoms. The molecule has 0 fully saturated rings. The van der Waals surface area contributed by atoms with E-state index in [1.807, 2.05) is 0 Å². The van der Waals surface area contributed by atoms with Crippen molar-refractivity contribution < 1.29 is 19.1 Å². The lowest BCUT2D eigenvalue weighted by atomic mass is 10.1. The van der Waals surface area contributed by atoms with Gasteiger partial charge in [-0.1, -0.05) is 11.6 Å². The largest absolute Gasteiger partial charge is 0.478 e. The Hall–Kier alpha value is -3.16. The summed E-state index contributed by atoms with van der Waals surface area (Å²) in [7, 11) is 0. The predicted octanol–water partition coefficient (Wildman–Crippen LogP) is 4.73. The number of furan rings is 1. The Labute approximate surface area is 171 Å². The maximum Gasteiger partial charge on any atom is 0.335 e. The van der Waals surface area contributed by atoms with Gasteiger partial charge in [-0.2, -0.15) is 0 Å². The number of benzene rings is 2. The van der Waals surface area contributed by atoms with Crippen LogP contribution in [0.15, 0.2) is 59.0 Å². The Bertz CT molecular complexity index is 1060. The van der Waals surface area contributed by atoms with Crippen LogP contribution >= 0.6 is 23.8 Å². The van der Waals surface area contributed by atoms with E-state index < -0.39 is 11.9 Å². The maximum absolute atomic E-state index is 12.3. The number of thiocarbonyl (C=S) groups is 1. The Morgan fingerprint density at radius 1 is 1.07 bits per heavy atom. The predicted molar refractivity (Wildman–Crippen MR) is 111 cm³/mol. The first-order valence-corrected chi connectivity index (χ1v) is 8.94. The van der Waals surface area contributed by atoms with Gasteiger partial charge >= 0.3 is 5.97 Å². The van der Waals surface area contributed by atoms with Crippen molar-refractivity contribution in [3.63, 3.8) is 0 Å². The third-order valence-corrected chi connectivity index (χ3v) is 4.36. The number of rotatable bonds is 4. The van der Waals surface area contributed by atoms with Crippen LogP contribution in [0.1, 0.15) is 26.5 Å². The smallest absolute Gasteiger partial charge is 0.335 e. The van der Waals surface area contributed by atoms with Crippen molar-refractivity contribution in [1.82, 2.24) is 5.32 Å². The maximum atomic E-state index is 12.3. The number of nitrogens with one attached hydrogen (secondary N) is 2. The summed E-state index contributed by atoms with van der Waals surface area (Å²) in [5, 5.41) is 15.1. The van der Waals surface area contributed by atoms with Crippen LogP contribution in [0.25, 0.3) is 11.3 Å². The van der Waals surface area contributed by atoms with Crippen LogP contribution in [-0.4, -0.2) is 22.1 Å². The minimum absolute atomic E-state index is 0.0700. The molecule has 3 N–H and O–H groups in total. The van der Waals surface area contributed by atoms with E-state index in [0.717, 1.165) is 5.56 Å². The number of aryl methyl sites for hydroxylation is 1. The van der Waals surface area contributed by atoms with E-state index in [0.29, 0.717) is 22.0 Å². The van der Waals surface area contributed by atoms with E-state index in [-0.39, 0.29) is 16.4 Å². The SMILES string of the molecule is Cc1cc(C(=O)O)ccc1NC(=S)NC(=O)c1ccc(-c2ccc(Cl)cc2)o1. The quantitative estimate of drug-likeness (QED) is 0.534. The molecule has 0 atom stereocenters. The lowest BCUT2D eigenvalue weighted by Crippen LogP contribution is -2.34. The standard InChI is InChI=1S/C20H15ClN2O4S/c1-11-10-13(19(25)26)4-7-15(11)22-20(28)23-18(24)17-9-8-16(27-17)12-2-5-14(21)6-3-12/h2-10H,1H3,(H,25,26)(H2,22,23,24,28). The van der Waals surface area contributed by atoms with Gasteiger partial charge in [0.05, 0.1) is 5.56 Å². The van der Waals surface area contributed by atoms with Crippen molar-refractivity contribution in [3.8, 4) is 11.3 Å². The van der Waals surface area contributed by atoms with Gasteiger partial charge in [-0.05, 0) is 79.3 Å². The van der Waals surface area contributed by atoms with E-state index in [1.165, 1.54) is 12.1 Å². The van der Waals surface area contributed by atoms with Gasteiger partial charge in [0, 0.05) is 16.3 Å². The highest BCUT2D eigenvalue weighted by Gasteiger charge is 2.14. The molecule has 0 bridgehead atoms. The zero-order chi connectivity index (χ0) is 20.3. The number of carbonyl (C=O) groups is 2. The van der Waals surface area contributed by atoms with Gasteiger partial charge < -0.3 is 14.8 Å². The normalized spacial score (nSPS) is 10.4. The molecule has 8 heteroatoms. The van der Waals surface area contributed by atoms with Crippen LogP contribution in [0.3, 0.4) is 0 Å². The molecule has 0 unspecified atom stereocenters. The molecule has 1 amide bonds. The number of amides is 1. The van der Waals surface area contributed by atoms with Crippen LogP contribution in [0, 0.1) is 6.92 Å². The first-order valence-electron chi connectivity index (χ1n) is 8.15. The van der Waals surface area contributed by atoms with Gasteiger partial charge in [0.1, 0.15) is 5.76 Å². The number of carbonyl (C=O) groups excluding carboxylic acids is 1. The Morgan fingerprint density at radius 2 is 1.79 bits per heavy atom. The van der Waals surface area contributed by atoms with E-state index in [2.05, 4.69) is 10.6 Å². The second-order valence-electron chi connectivity index (χ2n) is 5.91. The van der Waals surface area contributed by atoms with Gasteiger partial charge in [-0.3, -0.25) is 10.1 Å². The molecule has 0 radical (unpaired) electrons. The van der Waals surface area contributed by atoms with Crippen LogP contribution in [0.4, 0.5) is 5.69 Å². The number of carboxylic acids is 1. The van der Waals surface area contributed by atoms with E-state index in [1.54, 1.807) is 49.4 Å². The summed E-state index contributed by atoms with van der Waals surface area (Å²) in [6.45, 7) is 1.74. The van der Waals surface area contributed by atoms with Crippen molar-refractivity contribution in [2.24, 2.45) is 0 Å². The second-order valence-corrected chi connectivity index (χ2v) is 6.76. The summed E-state index contributed by atoms with van der Waals surface area (Å²) < 4.78 is 5.58. The molecule has 0 spiro atoms. The molecule has 1 aromatic heterocycles. The average Bonchev–Trinajstić information content (AvgIpc) is 3.14. The summed E-state index contributed by atoms with van der Waals surface area (Å²) >= 11 is 11.0. The molecule has 0 saturated heterocycles. The topological polar surface area (TPSA) is 91.6 Å². The van der Waals surface area contributed by atoms with E-state index in [4.69, 9.17) is 33.3 Å². The minimum Gasteiger partial charge on any atom is -0.478 e. The fourth-order valence-corrected chi connectivity index (χ4v) is 2.81. The van der Waals surface area contributed by atoms with Crippen molar-refractivity contribution in [1.29, 1.82) is 0 Å². The van der Waals surface area contributed by atoms with Gasteiger partial charge in [0.2, 0.25) is 0 Å². The van der Waals surface area contributed by atoms with Gasteiger partial charge in [-0.25, -0.2) is 4.79 Å². The summed E-state index contributed by atoms with van der Waals surface area (Å²) in [5.74, 6) is -0.884. The zero-order valence-corrected chi connectivity index (χ0v) is 16.2. The first-order chi connectivity index (χ1) is 13.3. The Kier molecular flexibility index (Phi) is 5.77. The van der Waals surface area contributed by atoms with Crippen LogP contribution in [0.2, 0.25) is 5.02 Å². The van der Waals surface area contributed by atoms with Crippen molar-refractivity contribution in [2.45, 2.75) is 6.92 Å². The number of anilines is 1. The number of carboxylic acid groups (broad SMARTS) is 1. The fraction of sp³-hybridized carbons (Fsp3) is 0.0500. The third-order valence-electron chi connectivity index (χ3n) is 3.91. The molecule has 142 valence electrons. The molecule has 0 aliphatic rings. The van der Waals surface area contributed by atoms with Crippen LogP contribution < -0.4 is 10.6 Å². The highest BCUT2D eigenvalue weighted by molar-refractivity contribution is 7.80. The van der Waals surface area contributed by atoms with E-state index in [9.17, 15) is 9.59 Å². The number of hydrogen-bond donors (Lipinski definition) is 3. The molecule has 3 aromatic rings. The third kappa shape index (κ3) is 4.57. The van der Waals surface area contributed by atoms with Crippen molar-refractivity contribution >= 4 is 46.5 Å². The molecule has 2 aromatic carbocycles. The van der Waals surface area contributed by atoms with Crippen molar-refractivity contribution in [3.05, 3.63) is 76.5 Å². The highest BCUT2D eigenvalue weighted by Crippen LogP contribution is 2.24. The number of halogens is 1. The van der Waals surface area contributed by atoms with E-state index >= 15 is 0 Å². The molecule has 6 nitrogen and oxygen atoms in total. The molecule has 3 rings (SSSR count). The molecular formula is C20H15ClN2O4S. The fourth-order valence-electron chi connectivity index (χ4n) is 2.48. The minimum atomic E-state index is -1.01. The highest BCUT2D eigenvalue weighted by atomic mass is 35.5. The summed E-state index contributed by atoms with van der Waals surface area (Å²) in [6, 6.07) is 14.8. The molecular weight excluding hydrogens is 400 g/mol. The average molecular weight is 415 g/mol. The summed E-state index contributed by atoms with van der Waals surface area (Å²) in [5.41, 5.74) is 2.23. The van der Waals surface area contributed by atoms with Gasteiger partial charge in [0.25, 0.3) is 5.91 Å². The molecule has 0 aliphatic carbocycles. The number of aromatic carboxylic acids is 1. The first kappa shape index (κ1) is 19.6. The van der Waals surface area contributed by atoms with Gasteiger partial charge in [0.15, 0.2) is 10.9 Å². The zero-order valence-electron chi connectivity index (χ0n) is 14.7. The Balaban J connectivity index is 1.65. The monoisotopic (exact) mass is 414 g/mol. The molecule has 0 aliphatic heterocycles. The Morgan fingerprint density at radius 3 is 2.43 bits per heavy atom. The van der Waals surface area contributed by atoms with Gasteiger partial charge in [-0.15, -0.1) is 0 Å².